The maximum absolute atomic E-state index is 12.0. The van der Waals surface area contributed by atoms with Crippen LogP contribution in [0, 0.1) is 0 Å². The third-order valence-electron chi connectivity index (χ3n) is 4.07. The molecule has 2 atom stereocenters. The van der Waals surface area contributed by atoms with Crippen LogP contribution in [0.5, 0.6) is 0 Å². The first kappa shape index (κ1) is 12.6. The minimum Gasteiger partial charge on any atom is -0.353 e. The molecule has 102 valence electrons. The van der Waals surface area contributed by atoms with Crippen LogP contribution in [-0.2, 0) is 11.2 Å². The van der Waals surface area contributed by atoms with Crippen molar-refractivity contribution in [1.29, 1.82) is 0 Å². The van der Waals surface area contributed by atoms with E-state index >= 15 is 0 Å². The standard InChI is InChI=1S/C15H21N3O/c19-15(13-6-3-8-16-13)18-10-14-12-5-2-1-4-11(12)7-9-17-14/h1-2,4-5,13-14,16-17H,3,6-10H2,(H,18,19)/t13-,14?/m0/s1. The number of amides is 1. The lowest BCUT2D eigenvalue weighted by Gasteiger charge is -2.27. The molecule has 1 aromatic carbocycles. The zero-order valence-corrected chi connectivity index (χ0v) is 11.1. The first-order valence-electron chi connectivity index (χ1n) is 7.17. The van der Waals surface area contributed by atoms with E-state index in [-0.39, 0.29) is 18.0 Å². The molecule has 19 heavy (non-hydrogen) atoms. The smallest absolute Gasteiger partial charge is 0.237 e. The fourth-order valence-electron chi connectivity index (χ4n) is 3.01. The van der Waals surface area contributed by atoms with E-state index in [1.165, 1.54) is 11.1 Å². The van der Waals surface area contributed by atoms with Crippen LogP contribution in [0.25, 0.3) is 0 Å². The molecule has 2 aliphatic rings. The largest absolute Gasteiger partial charge is 0.353 e. The molecule has 2 heterocycles. The second-order valence-electron chi connectivity index (χ2n) is 5.35. The van der Waals surface area contributed by atoms with Crippen LogP contribution in [-0.4, -0.2) is 31.6 Å². The monoisotopic (exact) mass is 259 g/mol. The van der Waals surface area contributed by atoms with E-state index in [1.54, 1.807) is 0 Å². The Morgan fingerprint density at radius 2 is 2.16 bits per heavy atom. The van der Waals surface area contributed by atoms with Crippen molar-refractivity contribution in [3.05, 3.63) is 35.4 Å². The molecule has 0 bridgehead atoms. The summed E-state index contributed by atoms with van der Waals surface area (Å²) in [6.07, 6.45) is 3.13. The summed E-state index contributed by atoms with van der Waals surface area (Å²) in [6, 6.07) is 8.76. The first-order valence-corrected chi connectivity index (χ1v) is 7.17. The van der Waals surface area contributed by atoms with Crippen LogP contribution in [0.2, 0.25) is 0 Å². The van der Waals surface area contributed by atoms with Crippen LogP contribution in [0.15, 0.2) is 24.3 Å². The molecule has 1 amide bonds. The molecule has 1 saturated heterocycles. The van der Waals surface area contributed by atoms with Crippen molar-refractivity contribution in [2.24, 2.45) is 0 Å². The molecule has 1 fully saturated rings. The Hall–Kier alpha value is -1.39. The van der Waals surface area contributed by atoms with Gasteiger partial charge in [0.25, 0.3) is 0 Å². The van der Waals surface area contributed by atoms with Gasteiger partial charge >= 0.3 is 0 Å². The van der Waals surface area contributed by atoms with Gasteiger partial charge in [-0.2, -0.15) is 0 Å². The van der Waals surface area contributed by atoms with Crippen molar-refractivity contribution < 1.29 is 4.79 Å². The van der Waals surface area contributed by atoms with Crippen LogP contribution in [0.4, 0.5) is 0 Å². The lowest BCUT2D eigenvalue weighted by Crippen LogP contribution is -2.45. The molecule has 1 unspecified atom stereocenters. The van der Waals surface area contributed by atoms with Gasteiger partial charge in [0.05, 0.1) is 6.04 Å². The summed E-state index contributed by atoms with van der Waals surface area (Å²) < 4.78 is 0. The third-order valence-corrected chi connectivity index (χ3v) is 4.07. The Labute approximate surface area is 114 Å². The Bertz CT molecular complexity index is 454. The van der Waals surface area contributed by atoms with Crippen molar-refractivity contribution in [3.8, 4) is 0 Å². The highest BCUT2D eigenvalue weighted by molar-refractivity contribution is 5.82. The molecule has 0 spiro atoms. The molecule has 0 radical (unpaired) electrons. The summed E-state index contributed by atoms with van der Waals surface area (Å²) >= 11 is 0. The van der Waals surface area contributed by atoms with E-state index in [4.69, 9.17) is 0 Å². The minimum atomic E-state index is 0.0128. The summed E-state index contributed by atoms with van der Waals surface area (Å²) in [5.74, 6) is 0.141. The highest BCUT2D eigenvalue weighted by atomic mass is 16.2. The van der Waals surface area contributed by atoms with Gasteiger partial charge in [0.1, 0.15) is 0 Å². The van der Waals surface area contributed by atoms with Crippen molar-refractivity contribution in [1.82, 2.24) is 16.0 Å². The van der Waals surface area contributed by atoms with E-state index in [9.17, 15) is 4.79 Å². The van der Waals surface area contributed by atoms with E-state index in [1.807, 2.05) is 0 Å². The first-order chi connectivity index (χ1) is 9.34. The zero-order chi connectivity index (χ0) is 13.1. The molecule has 1 aromatic rings. The maximum atomic E-state index is 12.0. The molecule has 3 rings (SSSR count). The average Bonchev–Trinajstić information content (AvgIpc) is 2.99. The number of carbonyl (C=O) groups is 1. The number of rotatable bonds is 3. The van der Waals surface area contributed by atoms with Crippen LogP contribution < -0.4 is 16.0 Å². The van der Waals surface area contributed by atoms with Crippen molar-refractivity contribution in [3.63, 3.8) is 0 Å². The topological polar surface area (TPSA) is 53.2 Å². The van der Waals surface area contributed by atoms with E-state index < -0.39 is 0 Å². The fourth-order valence-corrected chi connectivity index (χ4v) is 3.01. The van der Waals surface area contributed by atoms with Crippen molar-refractivity contribution in [2.75, 3.05) is 19.6 Å². The van der Waals surface area contributed by atoms with E-state index in [2.05, 4.69) is 40.2 Å². The van der Waals surface area contributed by atoms with Crippen LogP contribution in [0.1, 0.15) is 30.0 Å². The van der Waals surface area contributed by atoms with Gasteiger partial charge in [-0.3, -0.25) is 4.79 Å². The predicted molar refractivity (Wildman–Crippen MR) is 74.9 cm³/mol. The molecular weight excluding hydrogens is 238 g/mol. The maximum Gasteiger partial charge on any atom is 0.237 e. The number of fused-ring (bicyclic) bond motifs is 1. The molecule has 0 aromatic heterocycles. The van der Waals surface area contributed by atoms with Gasteiger partial charge in [-0.15, -0.1) is 0 Å². The number of nitrogens with one attached hydrogen (secondary N) is 3. The Morgan fingerprint density at radius 3 is 3.00 bits per heavy atom. The number of hydrogen-bond donors (Lipinski definition) is 3. The second kappa shape index (κ2) is 5.72. The lowest BCUT2D eigenvalue weighted by molar-refractivity contribution is -0.122. The number of carbonyl (C=O) groups excluding carboxylic acids is 1. The summed E-state index contributed by atoms with van der Waals surface area (Å²) in [4.78, 5) is 12.0. The van der Waals surface area contributed by atoms with Gasteiger partial charge in [-0.25, -0.2) is 0 Å². The van der Waals surface area contributed by atoms with Gasteiger partial charge in [-0.05, 0) is 43.5 Å². The summed E-state index contributed by atoms with van der Waals surface area (Å²) in [5.41, 5.74) is 2.73. The summed E-state index contributed by atoms with van der Waals surface area (Å²) in [7, 11) is 0. The van der Waals surface area contributed by atoms with Crippen molar-refractivity contribution in [2.45, 2.75) is 31.3 Å². The summed E-state index contributed by atoms with van der Waals surface area (Å²) in [6.45, 7) is 2.62. The average molecular weight is 259 g/mol. The number of hydrogen-bond acceptors (Lipinski definition) is 3. The Balaban J connectivity index is 1.60. The van der Waals surface area contributed by atoms with Crippen molar-refractivity contribution >= 4 is 5.91 Å². The van der Waals surface area contributed by atoms with Gasteiger partial charge in [0, 0.05) is 12.6 Å². The van der Waals surface area contributed by atoms with E-state index in [0.717, 1.165) is 32.4 Å². The minimum absolute atomic E-state index is 0.0128. The Morgan fingerprint density at radius 1 is 1.26 bits per heavy atom. The quantitative estimate of drug-likeness (QED) is 0.750. The van der Waals surface area contributed by atoms with Gasteiger partial charge < -0.3 is 16.0 Å². The predicted octanol–water partition coefficient (Wildman–Crippen LogP) is 0.742. The normalized spacial score (nSPS) is 25.9. The molecule has 2 aliphatic heterocycles. The molecule has 0 saturated carbocycles. The number of benzene rings is 1. The van der Waals surface area contributed by atoms with Crippen LogP contribution >= 0.6 is 0 Å². The zero-order valence-electron chi connectivity index (χ0n) is 11.1. The van der Waals surface area contributed by atoms with Crippen LogP contribution in [0.3, 0.4) is 0 Å². The fraction of sp³-hybridized carbons (Fsp3) is 0.533. The van der Waals surface area contributed by atoms with Gasteiger partial charge in [0.15, 0.2) is 0 Å². The highest BCUT2D eigenvalue weighted by Gasteiger charge is 2.24. The molecule has 4 heteroatoms. The lowest BCUT2D eigenvalue weighted by atomic mass is 9.94. The molecule has 4 nitrogen and oxygen atoms in total. The SMILES string of the molecule is O=C(NCC1NCCc2ccccc21)[C@@H]1CCCN1. The molecule has 3 N–H and O–H groups in total. The second-order valence-corrected chi connectivity index (χ2v) is 5.35. The highest BCUT2D eigenvalue weighted by Crippen LogP contribution is 2.21. The molecule has 0 aliphatic carbocycles. The Kier molecular flexibility index (Phi) is 3.80. The van der Waals surface area contributed by atoms with Gasteiger partial charge in [0.2, 0.25) is 5.91 Å². The molecular formula is C15H21N3O. The van der Waals surface area contributed by atoms with E-state index in [0.29, 0.717) is 6.54 Å². The third kappa shape index (κ3) is 2.80. The van der Waals surface area contributed by atoms with Gasteiger partial charge in [-0.1, -0.05) is 24.3 Å². The summed E-state index contributed by atoms with van der Waals surface area (Å²) in [5, 5.41) is 9.79.